The number of benzene rings is 1. The van der Waals surface area contributed by atoms with E-state index >= 15 is 0 Å². The fourth-order valence-electron chi connectivity index (χ4n) is 1.54. The first-order valence-electron chi connectivity index (χ1n) is 5.95. The highest BCUT2D eigenvalue weighted by Gasteiger charge is 2.04. The van der Waals surface area contributed by atoms with Gasteiger partial charge in [-0.25, -0.2) is 4.39 Å². The summed E-state index contributed by atoms with van der Waals surface area (Å²) in [5.41, 5.74) is 0. The van der Waals surface area contributed by atoms with Crippen molar-refractivity contribution in [1.82, 2.24) is 0 Å². The maximum atomic E-state index is 13.0. The maximum absolute atomic E-state index is 13.0. The zero-order chi connectivity index (χ0) is 15.1. The van der Waals surface area contributed by atoms with Crippen molar-refractivity contribution in [1.29, 1.82) is 0 Å². The highest BCUT2D eigenvalue weighted by Crippen LogP contribution is 2.27. The Kier molecular flexibility index (Phi) is 5.18. The van der Waals surface area contributed by atoms with Gasteiger partial charge in [0.15, 0.2) is 11.5 Å². The number of ether oxygens (including phenoxy) is 2. The molecule has 0 saturated carbocycles. The van der Waals surface area contributed by atoms with E-state index in [1.807, 2.05) is 6.07 Å². The third-order valence-electron chi connectivity index (χ3n) is 2.45. The average Bonchev–Trinajstić information content (AvgIpc) is 2.92. The Balaban J connectivity index is 1.97. The SMILES string of the molecule is COc1cc(F)ccc1OCC#Cc1ccc(/C=N/O)s1. The first kappa shape index (κ1) is 14.9. The Morgan fingerprint density at radius 1 is 1.33 bits per heavy atom. The number of thiophene rings is 1. The number of oxime groups is 1. The van der Waals surface area contributed by atoms with Gasteiger partial charge in [-0.2, -0.15) is 0 Å². The Labute approximate surface area is 125 Å². The van der Waals surface area contributed by atoms with Crippen LogP contribution in [0.25, 0.3) is 0 Å². The van der Waals surface area contributed by atoms with E-state index in [1.54, 1.807) is 6.07 Å². The summed E-state index contributed by atoms with van der Waals surface area (Å²) in [4.78, 5) is 1.64. The summed E-state index contributed by atoms with van der Waals surface area (Å²) < 4.78 is 23.5. The summed E-state index contributed by atoms with van der Waals surface area (Å²) in [7, 11) is 1.45. The zero-order valence-electron chi connectivity index (χ0n) is 11.2. The van der Waals surface area contributed by atoms with Crippen LogP contribution in [0.2, 0.25) is 0 Å². The lowest BCUT2D eigenvalue weighted by Gasteiger charge is -2.07. The summed E-state index contributed by atoms with van der Waals surface area (Å²) in [5, 5.41) is 11.4. The van der Waals surface area contributed by atoms with Crippen molar-refractivity contribution >= 4 is 17.6 Å². The Bertz CT molecular complexity index is 700. The number of hydrogen-bond donors (Lipinski definition) is 1. The van der Waals surface area contributed by atoms with Crippen molar-refractivity contribution in [2.75, 3.05) is 13.7 Å². The predicted octanol–water partition coefficient (Wildman–Crippen LogP) is 3.13. The molecule has 108 valence electrons. The molecule has 1 aromatic carbocycles. The van der Waals surface area contributed by atoms with Crippen LogP contribution in [0.5, 0.6) is 11.5 Å². The van der Waals surface area contributed by atoms with Gasteiger partial charge in [0.25, 0.3) is 0 Å². The molecule has 0 spiro atoms. The molecule has 0 saturated heterocycles. The standard InChI is InChI=1S/C15H12FNO3S/c1-19-15-9-11(16)4-7-14(15)20-8-2-3-12-5-6-13(21-12)10-17-18/h4-7,9-10,18H,8H2,1H3/b17-10+. The molecular formula is C15H12FNO3S. The minimum Gasteiger partial charge on any atom is -0.493 e. The second-order valence-electron chi connectivity index (χ2n) is 3.83. The van der Waals surface area contributed by atoms with Crippen LogP contribution in [-0.4, -0.2) is 25.1 Å². The van der Waals surface area contributed by atoms with Gasteiger partial charge in [0.05, 0.1) is 18.2 Å². The van der Waals surface area contributed by atoms with Gasteiger partial charge in [-0.1, -0.05) is 17.0 Å². The number of halogens is 1. The van der Waals surface area contributed by atoms with Crippen molar-refractivity contribution in [3.05, 3.63) is 45.9 Å². The first-order chi connectivity index (χ1) is 10.2. The molecule has 1 heterocycles. The molecule has 0 atom stereocenters. The van der Waals surface area contributed by atoms with E-state index in [-0.39, 0.29) is 12.4 Å². The lowest BCUT2D eigenvalue weighted by Crippen LogP contribution is -1.97. The molecule has 0 fully saturated rings. The molecule has 0 radical (unpaired) electrons. The Morgan fingerprint density at radius 3 is 2.95 bits per heavy atom. The summed E-state index contributed by atoms with van der Waals surface area (Å²) in [6.07, 6.45) is 1.34. The minimum atomic E-state index is -0.387. The van der Waals surface area contributed by atoms with Crippen LogP contribution in [0.3, 0.4) is 0 Å². The van der Waals surface area contributed by atoms with Crippen LogP contribution in [0.15, 0.2) is 35.5 Å². The van der Waals surface area contributed by atoms with Crippen molar-refractivity contribution in [3.63, 3.8) is 0 Å². The average molecular weight is 305 g/mol. The van der Waals surface area contributed by atoms with Crippen LogP contribution < -0.4 is 9.47 Å². The van der Waals surface area contributed by atoms with E-state index < -0.39 is 0 Å². The van der Waals surface area contributed by atoms with Crippen LogP contribution in [0.1, 0.15) is 9.75 Å². The topological polar surface area (TPSA) is 51.0 Å². The van der Waals surface area contributed by atoms with E-state index in [0.29, 0.717) is 11.5 Å². The number of methoxy groups -OCH3 is 1. The van der Waals surface area contributed by atoms with Crippen LogP contribution >= 0.6 is 11.3 Å². The van der Waals surface area contributed by atoms with E-state index in [1.165, 1.54) is 42.9 Å². The lowest BCUT2D eigenvalue weighted by atomic mass is 10.3. The molecule has 1 aromatic heterocycles. The summed E-state index contributed by atoms with van der Waals surface area (Å²) in [5.74, 6) is 6.16. The van der Waals surface area contributed by atoms with Crippen molar-refractivity contribution < 1.29 is 19.1 Å². The smallest absolute Gasteiger partial charge is 0.163 e. The molecule has 6 heteroatoms. The Morgan fingerprint density at radius 2 is 2.19 bits per heavy atom. The van der Waals surface area contributed by atoms with Crippen molar-refractivity contribution in [2.24, 2.45) is 5.16 Å². The van der Waals surface area contributed by atoms with E-state index in [0.717, 1.165) is 9.75 Å². The van der Waals surface area contributed by atoms with Gasteiger partial charge in [-0.15, -0.1) is 11.3 Å². The van der Waals surface area contributed by atoms with Gasteiger partial charge in [-0.3, -0.25) is 0 Å². The van der Waals surface area contributed by atoms with Gasteiger partial charge in [0.1, 0.15) is 12.4 Å². The van der Waals surface area contributed by atoms with Gasteiger partial charge in [0.2, 0.25) is 0 Å². The summed E-state index contributed by atoms with van der Waals surface area (Å²) >= 11 is 1.40. The third kappa shape index (κ3) is 4.23. The molecule has 21 heavy (non-hydrogen) atoms. The molecule has 0 aliphatic heterocycles. The third-order valence-corrected chi connectivity index (χ3v) is 3.38. The van der Waals surface area contributed by atoms with Gasteiger partial charge in [-0.05, 0) is 24.3 Å². The molecule has 0 aliphatic carbocycles. The molecular weight excluding hydrogens is 293 g/mol. The number of nitrogens with zero attached hydrogens (tertiary/aromatic N) is 1. The molecule has 0 aliphatic rings. The Hall–Kier alpha value is -2.52. The molecule has 2 aromatic rings. The molecule has 0 amide bonds. The predicted molar refractivity (Wildman–Crippen MR) is 79.0 cm³/mol. The van der Waals surface area contributed by atoms with E-state index in [9.17, 15) is 4.39 Å². The highest BCUT2D eigenvalue weighted by atomic mass is 32.1. The lowest BCUT2D eigenvalue weighted by molar-refractivity contribution is 0.322. The second kappa shape index (κ2) is 7.31. The van der Waals surface area contributed by atoms with Crippen molar-refractivity contribution in [3.8, 4) is 23.3 Å². The molecule has 0 unspecified atom stereocenters. The second-order valence-corrected chi connectivity index (χ2v) is 4.95. The van der Waals surface area contributed by atoms with Gasteiger partial charge >= 0.3 is 0 Å². The summed E-state index contributed by atoms with van der Waals surface area (Å²) in [6, 6.07) is 7.68. The molecule has 0 bridgehead atoms. The highest BCUT2D eigenvalue weighted by molar-refractivity contribution is 7.14. The van der Waals surface area contributed by atoms with Crippen LogP contribution in [0.4, 0.5) is 4.39 Å². The maximum Gasteiger partial charge on any atom is 0.163 e. The monoisotopic (exact) mass is 305 g/mol. The van der Waals surface area contributed by atoms with E-state index in [2.05, 4.69) is 17.0 Å². The fraction of sp³-hybridized carbons (Fsp3) is 0.133. The van der Waals surface area contributed by atoms with Crippen LogP contribution in [0, 0.1) is 17.7 Å². The largest absolute Gasteiger partial charge is 0.493 e. The normalized spacial score (nSPS) is 10.2. The summed E-state index contributed by atoms with van der Waals surface area (Å²) in [6.45, 7) is 0.156. The van der Waals surface area contributed by atoms with Gasteiger partial charge in [0, 0.05) is 10.9 Å². The zero-order valence-corrected chi connectivity index (χ0v) is 12.0. The minimum absolute atomic E-state index is 0.156. The number of rotatable bonds is 4. The van der Waals surface area contributed by atoms with Crippen molar-refractivity contribution in [2.45, 2.75) is 0 Å². The molecule has 4 nitrogen and oxygen atoms in total. The van der Waals surface area contributed by atoms with E-state index in [4.69, 9.17) is 14.7 Å². The van der Waals surface area contributed by atoms with Crippen LogP contribution in [-0.2, 0) is 0 Å². The van der Waals surface area contributed by atoms with Gasteiger partial charge < -0.3 is 14.7 Å². The number of hydrogen-bond acceptors (Lipinski definition) is 5. The fourth-order valence-corrected chi connectivity index (χ4v) is 2.29. The quantitative estimate of drug-likeness (QED) is 0.409. The molecule has 1 N–H and O–H groups in total. The first-order valence-corrected chi connectivity index (χ1v) is 6.77. The molecule has 2 rings (SSSR count).